The van der Waals surface area contributed by atoms with E-state index in [-0.39, 0.29) is 5.56 Å². The SMILES string of the molecule is COc1ccc(/C=C/C(=O)Oc2cccc(/C=N/NC(=O)c3ccc(F)cc3)c2)cc1. The molecule has 3 aromatic rings. The molecule has 1 N–H and O–H groups in total. The van der Waals surface area contributed by atoms with Gasteiger partial charge in [0.05, 0.1) is 13.3 Å². The largest absolute Gasteiger partial charge is 0.497 e. The second-order valence-electron chi connectivity index (χ2n) is 6.31. The molecule has 7 heteroatoms. The van der Waals surface area contributed by atoms with Gasteiger partial charge >= 0.3 is 5.97 Å². The fraction of sp³-hybridized carbons (Fsp3) is 0.0417. The lowest BCUT2D eigenvalue weighted by Crippen LogP contribution is -2.17. The van der Waals surface area contributed by atoms with Gasteiger partial charge in [0.15, 0.2) is 0 Å². The van der Waals surface area contributed by atoms with Gasteiger partial charge in [-0.15, -0.1) is 0 Å². The Kier molecular flexibility index (Phi) is 7.26. The van der Waals surface area contributed by atoms with Crippen molar-refractivity contribution in [3.63, 3.8) is 0 Å². The minimum Gasteiger partial charge on any atom is -0.497 e. The molecule has 6 nitrogen and oxygen atoms in total. The molecule has 3 rings (SSSR count). The highest BCUT2D eigenvalue weighted by atomic mass is 19.1. The van der Waals surface area contributed by atoms with E-state index in [1.54, 1.807) is 49.6 Å². The third-order valence-corrected chi connectivity index (χ3v) is 4.09. The van der Waals surface area contributed by atoms with Gasteiger partial charge in [-0.25, -0.2) is 14.6 Å². The molecule has 3 aromatic carbocycles. The minimum absolute atomic E-state index is 0.282. The van der Waals surface area contributed by atoms with Gasteiger partial charge in [-0.1, -0.05) is 24.3 Å². The van der Waals surface area contributed by atoms with Crippen LogP contribution in [0.15, 0.2) is 84.0 Å². The summed E-state index contributed by atoms with van der Waals surface area (Å²) in [6, 6.07) is 19.0. The van der Waals surface area contributed by atoms with Gasteiger partial charge in [0.1, 0.15) is 17.3 Å². The van der Waals surface area contributed by atoms with Crippen LogP contribution in [0.5, 0.6) is 11.5 Å². The molecule has 0 unspecified atom stereocenters. The Hall–Kier alpha value is -4.26. The molecule has 0 aliphatic heterocycles. The standard InChI is InChI=1S/C24H19FN2O4/c1-30-21-12-5-17(6-13-21)7-14-23(28)31-22-4-2-3-18(15-22)16-26-27-24(29)19-8-10-20(25)11-9-19/h2-16H,1H3,(H,27,29)/b14-7+,26-16+. The monoisotopic (exact) mass is 418 g/mol. The van der Waals surface area contributed by atoms with E-state index < -0.39 is 17.7 Å². The van der Waals surface area contributed by atoms with Crippen molar-refractivity contribution in [3.8, 4) is 11.5 Å². The Labute approximate surface area is 178 Å². The van der Waals surface area contributed by atoms with Crippen LogP contribution in [-0.2, 0) is 4.79 Å². The second-order valence-corrected chi connectivity index (χ2v) is 6.31. The summed E-state index contributed by atoms with van der Waals surface area (Å²) < 4.78 is 23.3. The predicted octanol–water partition coefficient (Wildman–Crippen LogP) is 4.22. The average molecular weight is 418 g/mol. The molecule has 0 aliphatic rings. The Morgan fingerprint density at radius 1 is 0.935 bits per heavy atom. The number of halogens is 1. The van der Waals surface area contributed by atoms with Crippen LogP contribution in [0, 0.1) is 5.82 Å². The number of hydrogen-bond donors (Lipinski definition) is 1. The van der Waals surface area contributed by atoms with Gasteiger partial charge in [0, 0.05) is 11.6 Å². The molecular weight excluding hydrogens is 399 g/mol. The normalized spacial score (nSPS) is 10.9. The fourth-order valence-corrected chi connectivity index (χ4v) is 2.52. The highest BCUT2D eigenvalue weighted by Gasteiger charge is 2.04. The van der Waals surface area contributed by atoms with Crippen molar-refractivity contribution in [2.24, 2.45) is 5.10 Å². The Bertz CT molecular complexity index is 1110. The minimum atomic E-state index is -0.533. The summed E-state index contributed by atoms with van der Waals surface area (Å²) in [7, 11) is 1.58. The van der Waals surface area contributed by atoms with E-state index in [0.717, 1.165) is 11.3 Å². The number of carbonyl (C=O) groups excluding carboxylic acids is 2. The van der Waals surface area contributed by atoms with Crippen molar-refractivity contribution in [2.45, 2.75) is 0 Å². The van der Waals surface area contributed by atoms with Gasteiger partial charge in [-0.2, -0.15) is 5.10 Å². The number of hydrazone groups is 1. The zero-order valence-electron chi connectivity index (χ0n) is 16.6. The summed E-state index contributed by atoms with van der Waals surface area (Å²) in [5.74, 6) is -0.368. The smallest absolute Gasteiger partial charge is 0.336 e. The number of ether oxygens (including phenoxy) is 2. The summed E-state index contributed by atoms with van der Waals surface area (Å²) in [6.07, 6.45) is 4.37. The maximum atomic E-state index is 12.9. The van der Waals surface area contributed by atoms with Gasteiger partial charge in [0.25, 0.3) is 5.91 Å². The molecule has 0 aromatic heterocycles. The van der Waals surface area contributed by atoms with E-state index >= 15 is 0 Å². The van der Waals surface area contributed by atoms with Crippen LogP contribution in [0.2, 0.25) is 0 Å². The third kappa shape index (κ3) is 6.64. The van der Waals surface area contributed by atoms with Crippen molar-refractivity contribution in [2.75, 3.05) is 7.11 Å². The van der Waals surface area contributed by atoms with Gasteiger partial charge in [-0.05, 0) is 65.7 Å². The maximum absolute atomic E-state index is 12.9. The molecule has 31 heavy (non-hydrogen) atoms. The molecule has 0 spiro atoms. The molecule has 0 aliphatic carbocycles. The first-order chi connectivity index (χ1) is 15.0. The predicted molar refractivity (Wildman–Crippen MR) is 116 cm³/mol. The molecule has 156 valence electrons. The Balaban J connectivity index is 1.55. The number of nitrogens with zero attached hydrogens (tertiary/aromatic N) is 1. The first kappa shape index (κ1) is 21.4. The molecular formula is C24H19FN2O4. The van der Waals surface area contributed by atoms with E-state index in [4.69, 9.17) is 9.47 Å². The molecule has 0 saturated heterocycles. The van der Waals surface area contributed by atoms with Crippen molar-refractivity contribution >= 4 is 24.2 Å². The topological polar surface area (TPSA) is 77.0 Å². The van der Waals surface area contributed by atoms with Crippen molar-refractivity contribution in [3.05, 3.63) is 101 Å². The fourth-order valence-electron chi connectivity index (χ4n) is 2.52. The average Bonchev–Trinajstić information content (AvgIpc) is 2.78. The van der Waals surface area contributed by atoms with E-state index in [2.05, 4.69) is 10.5 Å². The van der Waals surface area contributed by atoms with E-state index in [1.165, 1.54) is 36.6 Å². The van der Waals surface area contributed by atoms with E-state index in [0.29, 0.717) is 11.3 Å². The van der Waals surface area contributed by atoms with Crippen molar-refractivity contribution in [1.82, 2.24) is 5.43 Å². The molecule has 0 fully saturated rings. The van der Waals surface area contributed by atoms with Crippen LogP contribution in [0.4, 0.5) is 4.39 Å². The summed E-state index contributed by atoms with van der Waals surface area (Å²) in [4.78, 5) is 24.0. The summed E-state index contributed by atoms with van der Waals surface area (Å²) >= 11 is 0. The first-order valence-corrected chi connectivity index (χ1v) is 9.26. The lowest BCUT2D eigenvalue weighted by Gasteiger charge is -2.03. The highest BCUT2D eigenvalue weighted by Crippen LogP contribution is 2.14. The number of hydrogen-bond acceptors (Lipinski definition) is 5. The van der Waals surface area contributed by atoms with Gasteiger partial charge < -0.3 is 9.47 Å². The number of benzene rings is 3. The zero-order valence-corrected chi connectivity index (χ0v) is 16.6. The molecule has 0 radical (unpaired) electrons. The lowest BCUT2D eigenvalue weighted by atomic mass is 10.2. The number of rotatable bonds is 7. The van der Waals surface area contributed by atoms with Gasteiger partial charge in [0.2, 0.25) is 0 Å². The number of esters is 1. The van der Waals surface area contributed by atoms with Gasteiger partial charge in [-0.3, -0.25) is 4.79 Å². The zero-order chi connectivity index (χ0) is 22.1. The lowest BCUT2D eigenvalue weighted by molar-refractivity contribution is -0.128. The second kappa shape index (κ2) is 10.5. The Morgan fingerprint density at radius 2 is 1.68 bits per heavy atom. The quantitative estimate of drug-likeness (QED) is 0.205. The van der Waals surface area contributed by atoms with E-state index in [9.17, 15) is 14.0 Å². The van der Waals surface area contributed by atoms with Crippen LogP contribution < -0.4 is 14.9 Å². The van der Waals surface area contributed by atoms with Crippen molar-refractivity contribution in [1.29, 1.82) is 0 Å². The van der Waals surface area contributed by atoms with Crippen LogP contribution in [0.3, 0.4) is 0 Å². The third-order valence-electron chi connectivity index (χ3n) is 4.09. The number of methoxy groups -OCH3 is 1. The van der Waals surface area contributed by atoms with Crippen molar-refractivity contribution < 1.29 is 23.5 Å². The number of amides is 1. The molecule has 1 amide bonds. The van der Waals surface area contributed by atoms with Crippen LogP contribution >= 0.6 is 0 Å². The Morgan fingerprint density at radius 3 is 2.39 bits per heavy atom. The van der Waals surface area contributed by atoms with Crippen LogP contribution in [-0.4, -0.2) is 25.2 Å². The number of carbonyl (C=O) groups is 2. The molecule has 0 bridgehead atoms. The summed E-state index contributed by atoms with van der Waals surface area (Å²) in [6.45, 7) is 0. The number of nitrogens with one attached hydrogen (secondary N) is 1. The van der Waals surface area contributed by atoms with E-state index in [1.807, 2.05) is 12.1 Å². The molecule has 0 heterocycles. The summed E-state index contributed by atoms with van der Waals surface area (Å²) in [5.41, 5.74) is 4.08. The first-order valence-electron chi connectivity index (χ1n) is 9.26. The van der Waals surface area contributed by atoms with Crippen LogP contribution in [0.25, 0.3) is 6.08 Å². The molecule has 0 saturated carbocycles. The summed E-state index contributed by atoms with van der Waals surface area (Å²) in [5, 5.41) is 3.87. The maximum Gasteiger partial charge on any atom is 0.336 e. The highest BCUT2D eigenvalue weighted by molar-refractivity contribution is 5.95. The molecule has 0 atom stereocenters. The van der Waals surface area contributed by atoms with Crippen LogP contribution in [0.1, 0.15) is 21.5 Å².